The van der Waals surface area contributed by atoms with Crippen LogP contribution in [0.15, 0.2) is 91.0 Å². The van der Waals surface area contributed by atoms with Crippen LogP contribution in [0.4, 0.5) is 11.6 Å². The highest BCUT2D eigenvalue weighted by atomic mass is 35.5. The van der Waals surface area contributed by atoms with Crippen LogP contribution in [-0.2, 0) is 9.59 Å². The number of nitrogens with one attached hydrogen (secondary N) is 3. The molecule has 2 amide bonds. The van der Waals surface area contributed by atoms with Gasteiger partial charge in [-0.2, -0.15) is 0 Å². The molecular weight excluding hydrogens is 562 g/mol. The number of aromatic nitrogens is 2. The zero-order chi connectivity index (χ0) is 30.0. The van der Waals surface area contributed by atoms with Gasteiger partial charge >= 0.3 is 0 Å². The summed E-state index contributed by atoms with van der Waals surface area (Å²) in [5, 5.41) is 9.66. The average molecular weight is 598 g/mol. The molecule has 1 aliphatic heterocycles. The summed E-state index contributed by atoms with van der Waals surface area (Å²) in [5.74, 6) is 1.27. The van der Waals surface area contributed by atoms with Crippen molar-refractivity contribution in [3.05, 3.63) is 107 Å². The van der Waals surface area contributed by atoms with Gasteiger partial charge in [0.25, 0.3) is 0 Å². The van der Waals surface area contributed by atoms with E-state index < -0.39 is 0 Å². The SMILES string of the molecule is CC(=O)NCCNc1cc(NC(=O)CN2CCN(C(c3ccccc3)c3ccc(Cl)cc3)CC2)nc(-c2ccccc2)n1. The largest absolute Gasteiger partial charge is 0.368 e. The number of benzene rings is 3. The van der Waals surface area contributed by atoms with Crippen molar-refractivity contribution in [3.8, 4) is 11.4 Å². The van der Waals surface area contributed by atoms with E-state index in [-0.39, 0.29) is 24.4 Å². The number of piperazine rings is 1. The summed E-state index contributed by atoms with van der Waals surface area (Å²) in [5.41, 5.74) is 3.27. The van der Waals surface area contributed by atoms with Gasteiger partial charge in [-0.05, 0) is 23.3 Å². The number of amides is 2. The van der Waals surface area contributed by atoms with E-state index in [0.29, 0.717) is 30.5 Å². The standard InChI is InChI=1S/C33H36ClN7O2/c1-24(42)35-16-17-36-29-22-30(39-33(38-29)27-10-6-3-7-11-27)37-31(43)23-40-18-20-41(21-19-40)32(25-8-4-2-5-9-25)26-12-14-28(34)15-13-26/h2-15,22,32H,16-21,23H2,1H3,(H,35,42)(H2,36,37,38,39,43). The number of carbonyl (C=O) groups is 2. The van der Waals surface area contributed by atoms with Crippen molar-refractivity contribution in [2.75, 3.05) is 56.4 Å². The molecule has 2 heterocycles. The second-order valence-corrected chi connectivity index (χ2v) is 10.9. The van der Waals surface area contributed by atoms with Gasteiger partial charge in [0.15, 0.2) is 5.82 Å². The summed E-state index contributed by atoms with van der Waals surface area (Å²) < 4.78 is 0. The van der Waals surface area contributed by atoms with Gasteiger partial charge in [-0.15, -0.1) is 0 Å². The second kappa shape index (κ2) is 14.7. The molecule has 10 heteroatoms. The molecule has 9 nitrogen and oxygen atoms in total. The molecule has 0 saturated carbocycles. The number of halogens is 1. The monoisotopic (exact) mass is 597 g/mol. The first-order valence-corrected chi connectivity index (χ1v) is 14.8. The lowest BCUT2D eigenvalue weighted by Gasteiger charge is -2.39. The second-order valence-electron chi connectivity index (χ2n) is 10.5. The van der Waals surface area contributed by atoms with Crippen LogP contribution in [0.2, 0.25) is 5.02 Å². The molecule has 1 saturated heterocycles. The van der Waals surface area contributed by atoms with E-state index in [9.17, 15) is 9.59 Å². The lowest BCUT2D eigenvalue weighted by Crippen LogP contribution is -2.49. The molecule has 222 valence electrons. The van der Waals surface area contributed by atoms with Gasteiger partial charge in [0.05, 0.1) is 12.6 Å². The lowest BCUT2D eigenvalue weighted by atomic mass is 9.96. The fourth-order valence-corrected chi connectivity index (χ4v) is 5.33. The highest BCUT2D eigenvalue weighted by Crippen LogP contribution is 2.30. The molecule has 1 aliphatic rings. The Morgan fingerprint density at radius 2 is 1.44 bits per heavy atom. The number of hydrogen-bond acceptors (Lipinski definition) is 7. The molecule has 1 atom stereocenters. The van der Waals surface area contributed by atoms with E-state index in [2.05, 4.69) is 72.1 Å². The van der Waals surface area contributed by atoms with Crippen LogP contribution < -0.4 is 16.0 Å². The molecule has 1 unspecified atom stereocenters. The molecule has 1 aromatic heterocycles. The minimum absolute atomic E-state index is 0.0937. The molecule has 0 bridgehead atoms. The third-order valence-corrected chi connectivity index (χ3v) is 7.52. The third kappa shape index (κ3) is 8.61. The van der Waals surface area contributed by atoms with Crippen LogP contribution in [0.3, 0.4) is 0 Å². The van der Waals surface area contributed by atoms with E-state index in [1.165, 1.54) is 18.1 Å². The summed E-state index contributed by atoms with van der Waals surface area (Å²) in [7, 11) is 0. The van der Waals surface area contributed by atoms with Crippen molar-refractivity contribution < 1.29 is 9.59 Å². The maximum atomic E-state index is 13.2. The summed E-state index contributed by atoms with van der Waals surface area (Å²) in [6.45, 7) is 5.86. The molecule has 5 rings (SSSR count). The van der Waals surface area contributed by atoms with Crippen molar-refractivity contribution in [1.29, 1.82) is 0 Å². The Morgan fingerprint density at radius 1 is 0.814 bits per heavy atom. The molecule has 0 aliphatic carbocycles. The van der Waals surface area contributed by atoms with Crippen molar-refractivity contribution in [2.24, 2.45) is 0 Å². The van der Waals surface area contributed by atoms with Gasteiger partial charge in [-0.25, -0.2) is 9.97 Å². The number of anilines is 2. The Kier molecular flexibility index (Phi) is 10.3. The van der Waals surface area contributed by atoms with Crippen LogP contribution >= 0.6 is 11.6 Å². The summed E-state index contributed by atoms with van der Waals surface area (Å²) in [6, 6.07) is 30.0. The molecule has 3 aromatic carbocycles. The summed E-state index contributed by atoms with van der Waals surface area (Å²) >= 11 is 6.18. The van der Waals surface area contributed by atoms with Crippen LogP contribution in [0.1, 0.15) is 24.1 Å². The quantitative estimate of drug-likeness (QED) is 0.216. The number of carbonyl (C=O) groups excluding carboxylic acids is 2. The van der Waals surface area contributed by atoms with Crippen LogP contribution in [0, 0.1) is 0 Å². The summed E-state index contributed by atoms with van der Waals surface area (Å²) in [4.78, 5) is 38.2. The van der Waals surface area contributed by atoms with E-state index in [1.807, 2.05) is 48.5 Å². The molecule has 0 radical (unpaired) electrons. The van der Waals surface area contributed by atoms with Crippen molar-refractivity contribution >= 4 is 35.1 Å². The van der Waals surface area contributed by atoms with E-state index in [4.69, 9.17) is 11.6 Å². The number of nitrogens with zero attached hydrogens (tertiary/aromatic N) is 4. The van der Waals surface area contributed by atoms with E-state index in [0.717, 1.165) is 36.8 Å². The first-order chi connectivity index (χ1) is 20.9. The predicted molar refractivity (Wildman–Crippen MR) is 171 cm³/mol. The fourth-order valence-electron chi connectivity index (χ4n) is 5.21. The van der Waals surface area contributed by atoms with E-state index >= 15 is 0 Å². The Balaban J connectivity index is 1.22. The van der Waals surface area contributed by atoms with Gasteiger partial charge in [-0.3, -0.25) is 19.4 Å². The molecule has 1 fully saturated rings. The normalized spacial score (nSPS) is 14.6. The highest BCUT2D eigenvalue weighted by Gasteiger charge is 2.27. The van der Waals surface area contributed by atoms with Crippen molar-refractivity contribution in [3.63, 3.8) is 0 Å². The molecule has 0 spiro atoms. The topological polar surface area (TPSA) is 102 Å². The Bertz CT molecular complexity index is 1500. The third-order valence-electron chi connectivity index (χ3n) is 7.27. The maximum Gasteiger partial charge on any atom is 0.239 e. The van der Waals surface area contributed by atoms with Crippen LogP contribution in [-0.4, -0.2) is 77.4 Å². The molecular formula is C33H36ClN7O2. The average Bonchev–Trinajstić information content (AvgIpc) is 3.02. The Morgan fingerprint density at radius 3 is 2.12 bits per heavy atom. The lowest BCUT2D eigenvalue weighted by molar-refractivity contribution is -0.119. The molecule has 43 heavy (non-hydrogen) atoms. The van der Waals surface area contributed by atoms with Gasteiger partial charge in [-0.1, -0.05) is 84.4 Å². The van der Waals surface area contributed by atoms with Crippen molar-refractivity contribution in [1.82, 2.24) is 25.1 Å². The summed E-state index contributed by atoms with van der Waals surface area (Å²) in [6.07, 6.45) is 0. The minimum Gasteiger partial charge on any atom is -0.368 e. The first kappa shape index (κ1) is 30.2. The molecule has 4 aromatic rings. The van der Waals surface area contributed by atoms with Gasteiger partial charge in [0.1, 0.15) is 11.6 Å². The molecule has 3 N–H and O–H groups in total. The first-order valence-electron chi connectivity index (χ1n) is 14.4. The smallest absolute Gasteiger partial charge is 0.239 e. The zero-order valence-electron chi connectivity index (χ0n) is 24.2. The van der Waals surface area contributed by atoms with Crippen LogP contribution in [0.25, 0.3) is 11.4 Å². The Labute approximate surface area is 257 Å². The maximum absolute atomic E-state index is 13.2. The minimum atomic E-state index is -0.132. The van der Waals surface area contributed by atoms with Gasteiger partial charge in [0, 0.05) is 62.8 Å². The van der Waals surface area contributed by atoms with Crippen molar-refractivity contribution in [2.45, 2.75) is 13.0 Å². The predicted octanol–water partition coefficient (Wildman–Crippen LogP) is 4.69. The Hall–Kier alpha value is -4.31. The van der Waals surface area contributed by atoms with Crippen LogP contribution in [0.5, 0.6) is 0 Å². The number of hydrogen-bond donors (Lipinski definition) is 3. The number of rotatable bonds is 11. The zero-order valence-corrected chi connectivity index (χ0v) is 24.9. The van der Waals surface area contributed by atoms with Gasteiger partial charge in [0.2, 0.25) is 11.8 Å². The van der Waals surface area contributed by atoms with Gasteiger partial charge < -0.3 is 16.0 Å². The highest BCUT2D eigenvalue weighted by molar-refractivity contribution is 6.30. The fraction of sp³-hybridized carbons (Fsp3) is 0.273. The van der Waals surface area contributed by atoms with E-state index in [1.54, 1.807) is 6.07 Å².